The first-order chi connectivity index (χ1) is 8.04. The molecule has 100 valence electrons. The number of benzene rings is 1. The molecule has 6 heteroatoms. The van der Waals surface area contributed by atoms with Crippen molar-refractivity contribution in [2.45, 2.75) is 38.9 Å². The van der Waals surface area contributed by atoms with Crippen molar-refractivity contribution in [2.24, 2.45) is 0 Å². The second-order valence-corrected chi connectivity index (χ2v) is 5.22. The summed E-state index contributed by atoms with van der Waals surface area (Å²) in [5.41, 5.74) is -2.37. The third-order valence-electron chi connectivity index (χ3n) is 3.13. The van der Waals surface area contributed by atoms with E-state index >= 15 is 0 Å². The van der Waals surface area contributed by atoms with Crippen LogP contribution >= 0.6 is 0 Å². The lowest BCUT2D eigenvalue weighted by molar-refractivity contribution is -0.0893. The third-order valence-corrected chi connectivity index (χ3v) is 3.13. The zero-order valence-corrected chi connectivity index (χ0v) is 10.9. The first kappa shape index (κ1) is 15.1. The van der Waals surface area contributed by atoms with Crippen LogP contribution in [0, 0.1) is 17.5 Å². The highest BCUT2D eigenvalue weighted by Crippen LogP contribution is 2.24. The maximum absolute atomic E-state index is 13.4. The molecule has 0 unspecified atom stereocenters. The van der Waals surface area contributed by atoms with Gasteiger partial charge in [0.05, 0.1) is 11.2 Å². The minimum atomic E-state index is -1.25. The summed E-state index contributed by atoms with van der Waals surface area (Å²) in [6, 6.07) is 1.35. The topological polar surface area (TPSA) is 29.5 Å². The Bertz CT molecular complexity index is 442. The van der Waals surface area contributed by atoms with Crippen LogP contribution < -0.4 is 5.46 Å². The first-order valence-electron chi connectivity index (χ1n) is 5.54. The van der Waals surface area contributed by atoms with Crippen LogP contribution in [-0.4, -0.2) is 23.8 Å². The van der Waals surface area contributed by atoms with Gasteiger partial charge in [-0.25, -0.2) is 13.2 Å². The van der Waals surface area contributed by atoms with E-state index in [1.165, 1.54) is 13.8 Å². The van der Waals surface area contributed by atoms with Gasteiger partial charge in [-0.15, -0.1) is 0 Å². The van der Waals surface area contributed by atoms with Crippen molar-refractivity contribution < 1.29 is 22.9 Å². The van der Waals surface area contributed by atoms with Crippen LogP contribution in [-0.2, 0) is 4.65 Å². The molecule has 1 rings (SSSR count). The van der Waals surface area contributed by atoms with E-state index in [2.05, 4.69) is 0 Å². The van der Waals surface area contributed by atoms with Crippen LogP contribution in [0.5, 0.6) is 0 Å². The summed E-state index contributed by atoms with van der Waals surface area (Å²) >= 11 is 0. The van der Waals surface area contributed by atoms with E-state index in [1.807, 2.05) is 0 Å². The van der Waals surface area contributed by atoms with E-state index in [0.29, 0.717) is 6.07 Å². The monoisotopic (exact) mass is 260 g/mol. The van der Waals surface area contributed by atoms with E-state index in [-0.39, 0.29) is 12.9 Å². The fourth-order valence-electron chi connectivity index (χ4n) is 1.15. The van der Waals surface area contributed by atoms with Gasteiger partial charge in [0.1, 0.15) is 5.82 Å². The number of rotatable bonds is 4. The van der Waals surface area contributed by atoms with Crippen molar-refractivity contribution in [3.8, 4) is 0 Å². The molecule has 1 aromatic rings. The van der Waals surface area contributed by atoms with Crippen LogP contribution in [0.15, 0.2) is 12.1 Å². The van der Waals surface area contributed by atoms with E-state index in [9.17, 15) is 18.3 Å². The molecule has 0 saturated carbocycles. The zero-order valence-electron chi connectivity index (χ0n) is 10.9. The highest BCUT2D eigenvalue weighted by molar-refractivity contribution is 6.47. The molecule has 0 atom stereocenters. The van der Waals surface area contributed by atoms with Crippen molar-refractivity contribution in [2.75, 3.05) is 0 Å². The summed E-state index contributed by atoms with van der Waals surface area (Å²) in [5.74, 6) is -3.26. The molecule has 0 aliphatic carbocycles. The van der Waals surface area contributed by atoms with Gasteiger partial charge in [-0.3, -0.25) is 0 Å². The summed E-state index contributed by atoms with van der Waals surface area (Å²) < 4.78 is 44.6. The van der Waals surface area contributed by atoms with Gasteiger partial charge in [0.15, 0.2) is 11.6 Å². The smallest absolute Gasteiger partial charge is 0.312 e. The van der Waals surface area contributed by atoms with Crippen molar-refractivity contribution in [3.63, 3.8) is 0 Å². The normalized spacial score (nSPS) is 12.7. The van der Waals surface area contributed by atoms with Crippen molar-refractivity contribution in [1.82, 2.24) is 0 Å². The van der Waals surface area contributed by atoms with Crippen LogP contribution in [0.1, 0.15) is 27.7 Å². The third kappa shape index (κ3) is 3.26. The van der Waals surface area contributed by atoms with Gasteiger partial charge in [-0.2, -0.15) is 0 Å². The molecule has 0 aliphatic rings. The van der Waals surface area contributed by atoms with E-state index in [1.54, 1.807) is 13.8 Å². The minimum Gasteiger partial charge on any atom is -0.427 e. The molecule has 0 radical (unpaired) electrons. The second-order valence-electron chi connectivity index (χ2n) is 5.22. The van der Waals surface area contributed by atoms with Gasteiger partial charge < -0.3 is 9.76 Å². The molecule has 0 amide bonds. The molecule has 1 N–H and O–H groups in total. The molecular formula is C12H16BF3O2. The predicted molar refractivity (Wildman–Crippen MR) is 64.6 cm³/mol. The Kier molecular flexibility index (Phi) is 4.13. The summed E-state index contributed by atoms with van der Waals surface area (Å²) in [6.45, 7) is 6.30. The molecule has 1 aromatic carbocycles. The Balaban J connectivity index is 2.88. The second kappa shape index (κ2) is 4.94. The highest BCUT2D eigenvalue weighted by Gasteiger charge is 2.36. The molecule has 0 spiro atoms. The number of aliphatic hydroxyl groups is 1. The lowest BCUT2D eigenvalue weighted by atomic mass is 9.82. The average molecular weight is 260 g/mol. The van der Waals surface area contributed by atoms with Gasteiger partial charge >= 0.3 is 7.48 Å². The maximum atomic E-state index is 13.4. The first-order valence-corrected chi connectivity index (χ1v) is 5.54. The van der Waals surface area contributed by atoms with Gasteiger partial charge in [0.25, 0.3) is 0 Å². The molecule has 0 bridgehead atoms. The van der Waals surface area contributed by atoms with Crippen LogP contribution in [0.4, 0.5) is 13.2 Å². The quantitative estimate of drug-likeness (QED) is 0.658. The van der Waals surface area contributed by atoms with Gasteiger partial charge in [0.2, 0.25) is 0 Å². The Morgan fingerprint density at radius 3 is 2.17 bits per heavy atom. The van der Waals surface area contributed by atoms with E-state index in [4.69, 9.17) is 4.65 Å². The highest BCUT2D eigenvalue weighted by atomic mass is 19.2. The molecular weight excluding hydrogens is 244 g/mol. The van der Waals surface area contributed by atoms with E-state index < -0.39 is 28.7 Å². The zero-order chi connectivity index (χ0) is 14.1. The fourth-order valence-corrected chi connectivity index (χ4v) is 1.15. The van der Waals surface area contributed by atoms with Crippen molar-refractivity contribution >= 4 is 12.9 Å². The number of halogens is 3. The summed E-state index contributed by atoms with van der Waals surface area (Å²) in [7, 11) is -0.322. The molecule has 0 aliphatic heterocycles. The fraction of sp³-hybridized carbons (Fsp3) is 0.500. The molecule has 2 nitrogen and oxygen atoms in total. The largest absolute Gasteiger partial charge is 0.427 e. The Morgan fingerprint density at radius 2 is 1.67 bits per heavy atom. The Hall–Kier alpha value is -1.01. The SMILES string of the molecule is CC(C)(O)C(C)(C)OBc1cc(F)cc(F)c1F. The van der Waals surface area contributed by atoms with Crippen LogP contribution in [0.25, 0.3) is 0 Å². The predicted octanol–water partition coefficient (Wildman–Crippen LogP) is 1.65. The summed E-state index contributed by atoms with van der Waals surface area (Å²) in [5, 5.41) is 9.84. The lowest BCUT2D eigenvalue weighted by Crippen LogP contribution is -2.49. The van der Waals surface area contributed by atoms with Crippen molar-refractivity contribution in [1.29, 1.82) is 0 Å². The van der Waals surface area contributed by atoms with E-state index in [0.717, 1.165) is 6.07 Å². The van der Waals surface area contributed by atoms with Gasteiger partial charge in [-0.05, 0) is 39.2 Å². The Morgan fingerprint density at radius 1 is 1.11 bits per heavy atom. The minimum absolute atomic E-state index is 0.218. The number of hydrogen-bond acceptors (Lipinski definition) is 2. The molecule has 0 aromatic heterocycles. The maximum Gasteiger partial charge on any atom is 0.312 e. The average Bonchev–Trinajstić information content (AvgIpc) is 2.19. The molecule has 0 saturated heterocycles. The summed E-state index contributed by atoms with van der Waals surface area (Å²) in [4.78, 5) is 0. The summed E-state index contributed by atoms with van der Waals surface area (Å²) in [6.07, 6.45) is 0. The Labute approximate surface area is 105 Å². The van der Waals surface area contributed by atoms with Crippen LogP contribution in [0.2, 0.25) is 0 Å². The standard InChI is InChI=1S/C12H16BF3O2/c1-11(2,17)12(3,4)18-13-8-5-7(14)6-9(15)10(8)16/h5-6,13,17H,1-4H3. The molecule has 0 heterocycles. The molecule has 18 heavy (non-hydrogen) atoms. The number of hydrogen-bond donors (Lipinski definition) is 1. The lowest BCUT2D eigenvalue weighted by Gasteiger charge is -2.37. The van der Waals surface area contributed by atoms with Crippen LogP contribution in [0.3, 0.4) is 0 Å². The van der Waals surface area contributed by atoms with Crippen molar-refractivity contribution in [3.05, 3.63) is 29.6 Å². The van der Waals surface area contributed by atoms with Gasteiger partial charge in [0, 0.05) is 6.07 Å². The molecule has 0 fully saturated rings. The van der Waals surface area contributed by atoms with Gasteiger partial charge in [-0.1, -0.05) is 0 Å².